The molecule has 0 saturated heterocycles. The molecule has 5 nitrogen and oxygen atoms in total. The van der Waals surface area contributed by atoms with Gasteiger partial charge in [-0.2, -0.15) is 0 Å². The van der Waals surface area contributed by atoms with Gasteiger partial charge in [0.2, 0.25) is 0 Å². The van der Waals surface area contributed by atoms with Crippen molar-refractivity contribution in [1.82, 2.24) is 15.0 Å². The molecular formula is C10H8N4O. The van der Waals surface area contributed by atoms with E-state index in [1.54, 1.807) is 12.1 Å². The second-order valence-electron chi connectivity index (χ2n) is 3.39. The maximum atomic E-state index is 11.6. The Morgan fingerprint density at radius 3 is 3.07 bits per heavy atom. The van der Waals surface area contributed by atoms with E-state index in [2.05, 4.69) is 15.0 Å². The molecule has 2 heterocycles. The number of hydrogen-bond acceptors (Lipinski definition) is 3. The minimum Gasteiger partial charge on any atom is -0.399 e. The summed E-state index contributed by atoms with van der Waals surface area (Å²) in [5.41, 5.74) is 7.58. The molecule has 0 unspecified atom stereocenters. The molecule has 0 fully saturated rings. The average Bonchev–Trinajstić information content (AvgIpc) is 2.56. The Morgan fingerprint density at radius 1 is 1.33 bits per heavy atom. The fourth-order valence-corrected chi connectivity index (χ4v) is 1.76. The summed E-state index contributed by atoms with van der Waals surface area (Å²) >= 11 is 0. The summed E-state index contributed by atoms with van der Waals surface area (Å²) in [7, 11) is 0. The van der Waals surface area contributed by atoms with E-state index in [-0.39, 0.29) is 5.56 Å². The number of hydrogen-bond donors (Lipinski definition) is 3. The highest BCUT2D eigenvalue weighted by Crippen LogP contribution is 2.22. The number of fused-ring (bicyclic) bond motifs is 3. The third kappa shape index (κ3) is 1.03. The van der Waals surface area contributed by atoms with Crippen molar-refractivity contribution in [3.8, 4) is 0 Å². The van der Waals surface area contributed by atoms with Crippen LogP contribution in [0, 0.1) is 0 Å². The van der Waals surface area contributed by atoms with Crippen LogP contribution in [-0.4, -0.2) is 15.0 Å². The lowest BCUT2D eigenvalue weighted by Crippen LogP contribution is -2.04. The highest BCUT2D eigenvalue weighted by Gasteiger charge is 2.07. The molecule has 0 amide bonds. The number of nitrogens with zero attached hydrogens (tertiary/aromatic N) is 1. The Balaban J connectivity index is 2.65. The molecule has 0 aliphatic carbocycles. The topological polar surface area (TPSA) is 87.6 Å². The Hall–Kier alpha value is -2.30. The summed E-state index contributed by atoms with van der Waals surface area (Å²) in [5, 5.41) is 1.42. The summed E-state index contributed by atoms with van der Waals surface area (Å²) < 4.78 is 0. The fourth-order valence-electron chi connectivity index (χ4n) is 1.76. The Labute approximate surface area is 83.9 Å². The van der Waals surface area contributed by atoms with Gasteiger partial charge >= 0.3 is 0 Å². The van der Waals surface area contributed by atoms with E-state index in [0.717, 1.165) is 10.9 Å². The molecule has 3 aromatic rings. The zero-order valence-electron chi connectivity index (χ0n) is 7.74. The van der Waals surface area contributed by atoms with Crippen molar-refractivity contribution in [2.24, 2.45) is 0 Å². The van der Waals surface area contributed by atoms with Crippen LogP contribution in [0.5, 0.6) is 0 Å². The van der Waals surface area contributed by atoms with Gasteiger partial charge in [-0.3, -0.25) is 4.79 Å². The van der Waals surface area contributed by atoms with Crippen LogP contribution in [0.15, 0.2) is 29.3 Å². The van der Waals surface area contributed by atoms with Crippen molar-refractivity contribution in [3.63, 3.8) is 0 Å². The van der Waals surface area contributed by atoms with Crippen molar-refractivity contribution in [3.05, 3.63) is 34.9 Å². The zero-order valence-corrected chi connectivity index (χ0v) is 7.74. The van der Waals surface area contributed by atoms with Crippen LogP contribution < -0.4 is 11.3 Å². The maximum Gasteiger partial charge on any atom is 0.260 e. The van der Waals surface area contributed by atoms with Gasteiger partial charge in [0.05, 0.1) is 11.7 Å². The van der Waals surface area contributed by atoms with Gasteiger partial charge in [-0.05, 0) is 18.2 Å². The van der Waals surface area contributed by atoms with E-state index in [0.29, 0.717) is 16.7 Å². The lowest BCUT2D eigenvalue weighted by atomic mass is 10.2. The molecular weight excluding hydrogens is 192 g/mol. The zero-order chi connectivity index (χ0) is 10.4. The quantitative estimate of drug-likeness (QED) is 0.473. The van der Waals surface area contributed by atoms with E-state index in [9.17, 15) is 4.79 Å². The van der Waals surface area contributed by atoms with Gasteiger partial charge in [-0.15, -0.1) is 0 Å². The molecule has 0 aliphatic heterocycles. The van der Waals surface area contributed by atoms with Crippen molar-refractivity contribution in [2.75, 3.05) is 5.73 Å². The molecule has 0 bridgehead atoms. The molecule has 2 aromatic heterocycles. The maximum absolute atomic E-state index is 11.6. The van der Waals surface area contributed by atoms with Gasteiger partial charge in [0.25, 0.3) is 5.56 Å². The number of benzene rings is 1. The number of rotatable bonds is 0. The SMILES string of the molecule is Nc1ccc2c(c1)[nH]c1nc[nH]c(=O)c12. The van der Waals surface area contributed by atoms with Gasteiger partial charge < -0.3 is 15.7 Å². The van der Waals surface area contributed by atoms with Gasteiger partial charge in [-0.25, -0.2) is 4.98 Å². The van der Waals surface area contributed by atoms with E-state index < -0.39 is 0 Å². The minimum absolute atomic E-state index is 0.143. The third-order valence-electron chi connectivity index (χ3n) is 2.42. The molecule has 0 atom stereocenters. The molecule has 0 aliphatic rings. The van der Waals surface area contributed by atoms with Crippen LogP contribution in [0.3, 0.4) is 0 Å². The summed E-state index contributed by atoms with van der Waals surface area (Å²) in [5.74, 6) is 0. The van der Waals surface area contributed by atoms with Gasteiger partial charge in [0.1, 0.15) is 5.65 Å². The molecule has 15 heavy (non-hydrogen) atoms. The smallest absolute Gasteiger partial charge is 0.260 e. The van der Waals surface area contributed by atoms with Crippen molar-refractivity contribution in [1.29, 1.82) is 0 Å². The molecule has 74 valence electrons. The van der Waals surface area contributed by atoms with E-state index in [1.807, 2.05) is 6.07 Å². The second kappa shape index (κ2) is 2.60. The standard InChI is InChI=1S/C10H8N4O/c11-5-1-2-6-7(3-5)14-9-8(6)10(15)13-4-12-9/h1-4H,11H2,(H2,12,13,14,15). The molecule has 4 N–H and O–H groups in total. The second-order valence-corrected chi connectivity index (χ2v) is 3.39. The number of aromatic nitrogens is 3. The lowest BCUT2D eigenvalue weighted by molar-refractivity contribution is 1.16. The monoisotopic (exact) mass is 200 g/mol. The van der Waals surface area contributed by atoms with E-state index >= 15 is 0 Å². The predicted octanol–water partition coefficient (Wildman–Crippen LogP) is 0.987. The minimum atomic E-state index is -0.143. The van der Waals surface area contributed by atoms with Crippen molar-refractivity contribution < 1.29 is 0 Å². The van der Waals surface area contributed by atoms with Crippen molar-refractivity contribution in [2.45, 2.75) is 0 Å². The van der Waals surface area contributed by atoms with Crippen LogP contribution in [0.4, 0.5) is 5.69 Å². The normalized spacial score (nSPS) is 11.2. The summed E-state index contributed by atoms with van der Waals surface area (Å²) in [6.45, 7) is 0. The number of nitrogen functional groups attached to an aromatic ring is 1. The first kappa shape index (κ1) is 8.05. The van der Waals surface area contributed by atoms with Crippen LogP contribution in [0.2, 0.25) is 0 Å². The fraction of sp³-hybridized carbons (Fsp3) is 0. The Kier molecular flexibility index (Phi) is 1.39. The number of H-pyrrole nitrogens is 2. The van der Waals surface area contributed by atoms with Crippen LogP contribution in [0.1, 0.15) is 0 Å². The Bertz CT molecular complexity index is 710. The molecule has 5 heteroatoms. The number of nitrogens with two attached hydrogens (primary N) is 1. The molecule has 3 rings (SSSR count). The van der Waals surface area contributed by atoms with Crippen LogP contribution in [0.25, 0.3) is 21.9 Å². The number of aromatic amines is 2. The third-order valence-corrected chi connectivity index (χ3v) is 2.42. The lowest BCUT2D eigenvalue weighted by Gasteiger charge is -1.91. The first-order chi connectivity index (χ1) is 7.25. The molecule has 0 radical (unpaired) electrons. The molecule has 0 saturated carbocycles. The molecule has 0 spiro atoms. The highest BCUT2D eigenvalue weighted by atomic mass is 16.1. The first-order valence-corrected chi connectivity index (χ1v) is 4.50. The van der Waals surface area contributed by atoms with Gasteiger partial charge in [-0.1, -0.05) is 0 Å². The summed E-state index contributed by atoms with van der Waals surface area (Å²) in [6, 6.07) is 5.37. The predicted molar refractivity (Wildman–Crippen MR) is 58.6 cm³/mol. The summed E-state index contributed by atoms with van der Waals surface area (Å²) in [4.78, 5) is 21.2. The van der Waals surface area contributed by atoms with E-state index in [4.69, 9.17) is 5.73 Å². The summed E-state index contributed by atoms with van der Waals surface area (Å²) in [6.07, 6.45) is 1.38. The van der Waals surface area contributed by atoms with Gasteiger partial charge in [0.15, 0.2) is 0 Å². The van der Waals surface area contributed by atoms with Crippen LogP contribution in [-0.2, 0) is 0 Å². The molecule has 1 aromatic carbocycles. The van der Waals surface area contributed by atoms with E-state index in [1.165, 1.54) is 6.33 Å². The number of nitrogens with one attached hydrogen (secondary N) is 2. The van der Waals surface area contributed by atoms with Crippen LogP contribution >= 0.6 is 0 Å². The number of anilines is 1. The highest BCUT2D eigenvalue weighted by molar-refractivity contribution is 6.05. The first-order valence-electron chi connectivity index (χ1n) is 4.50. The van der Waals surface area contributed by atoms with Crippen molar-refractivity contribution >= 4 is 27.6 Å². The van der Waals surface area contributed by atoms with Gasteiger partial charge in [0, 0.05) is 16.6 Å². The largest absolute Gasteiger partial charge is 0.399 e. The Morgan fingerprint density at radius 2 is 2.20 bits per heavy atom. The average molecular weight is 200 g/mol.